The van der Waals surface area contributed by atoms with Crippen LogP contribution >= 0.6 is 37.4 Å². The molecule has 2 aromatic rings. The molecular formula is C27H36BrN4O4PS. The second kappa shape index (κ2) is 16.5. The smallest absolute Gasteiger partial charge is 0.414 e. The Morgan fingerprint density at radius 3 is 2.32 bits per heavy atom. The number of hydrogen-bond acceptors (Lipinski definition) is 7. The van der Waals surface area contributed by atoms with Crippen molar-refractivity contribution in [3.8, 4) is 0 Å². The number of carbonyl (C=O) groups is 3. The predicted octanol–water partition coefficient (Wildman–Crippen LogP) is 3.86. The monoisotopic (exact) mass is 622 g/mol. The van der Waals surface area contributed by atoms with Crippen LogP contribution in [0.3, 0.4) is 0 Å². The number of thiocarbonyl (C=S) groups is 1. The van der Waals surface area contributed by atoms with Crippen molar-refractivity contribution in [2.24, 2.45) is 5.73 Å². The van der Waals surface area contributed by atoms with Crippen LogP contribution in [0.25, 0.3) is 0 Å². The lowest BCUT2D eigenvalue weighted by atomic mass is 10.2. The summed E-state index contributed by atoms with van der Waals surface area (Å²) in [6.45, 7) is 7.40. The van der Waals surface area contributed by atoms with Crippen LogP contribution in [0.5, 0.6) is 0 Å². The molecule has 1 unspecified atom stereocenters. The summed E-state index contributed by atoms with van der Waals surface area (Å²) in [7, 11) is 2.72. The van der Waals surface area contributed by atoms with Gasteiger partial charge in [0.15, 0.2) is 0 Å². The lowest BCUT2D eigenvalue weighted by Gasteiger charge is -2.37. The highest BCUT2D eigenvalue weighted by Gasteiger charge is 2.32. The molecule has 4 rings (SSSR count). The topological polar surface area (TPSA) is 96.2 Å². The van der Waals surface area contributed by atoms with Crippen LogP contribution in [-0.4, -0.2) is 73.9 Å². The van der Waals surface area contributed by atoms with E-state index in [9.17, 15) is 14.4 Å². The number of aldehydes is 1. The summed E-state index contributed by atoms with van der Waals surface area (Å²) in [6, 6.07) is 14.1. The Kier molecular flexibility index (Phi) is 13.9. The van der Waals surface area contributed by atoms with Crippen LogP contribution in [0.15, 0.2) is 46.9 Å². The van der Waals surface area contributed by atoms with E-state index < -0.39 is 0 Å². The molecule has 0 radical (unpaired) electrons. The van der Waals surface area contributed by atoms with Crippen LogP contribution < -0.4 is 20.8 Å². The quantitative estimate of drug-likeness (QED) is 0.297. The number of hydrogen-bond donors (Lipinski definition) is 1. The maximum atomic E-state index is 12.0. The molecule has 0 bridgehead atoms. The maximum Gasteiger partial charge on any atom is 0.414 e. The summed E-state index contributed by atoms with van der Waals surface area (Å²) >= 11 is 7.61. The molecule has 8 nitrogen and oxygen atoms in total. The minimum atomic E-state index is -0.370. The van der Waals surface area contributed by atoms with Gasteiger partial charge in [-0.05, 0) is 54.9 Å². The molecule has 2 aliphatic rings. The highest BCUT2D eigenvalue weighted by molar-refractivity contribution is 9.10. The number of piperazine rings is 1. The summed E-state index contributed by atoms with van der Waals surface area (Å²) < 4.78 is 6.35. The van der Waals surface area contributed by atoms with Gasteiger partial charge in [-0.25, -0.2) is 4.79 Å². The van der Waals surface area contributed by atoms with Crippen LogP contribution in [0, 0.1) is 6.92 Å². The zero-order valence-corrected chi connectivity index (χ0v) is 25.4. The number of nitrogens with zero attached hydrogens (tertiary/aromatic N) is 3. The van der Waals surface area contributed by atoms with E-state index in [2.05, 4.69) is 61.3 Å². The molecule has 2 atom stereocenters. The molecular weight excluding hydrogens is 587 g/mol. The van der Waals surface area contributed by atoms with Crippen molar-refractivity contribution in [2.75, 3.05) is 49.1 Å². The number of benzene rings is 2. The summed E-state index contributed by atoms with van der Waals surface area (Å²) in [4.78, 5) is 40.1. The summed E-state index contributed by atoms with van der Waals surface area (Å²) in [6.07, 6.45) is 0.700. The molecule has 2 amide bonds. The number of aryl methyl sites for hydroxylation is 1. The molecule has 2 aliphatic heterocycles. The van der Waals surface area contributed by atoms with E-state index in [1.54, 1.807) is 10.3 Å². The number of amides is 2. The Morgan fingerprint density at radius 1 is 1.18 bits per heavy atom. The van der Waals surface area contributed by atoms with E-state index in [1.807, 2.05) is 42.2 Å². The summed E-state index contributed by atoms with van der Waals surface area (Å²) in [5.41, 5.74) is 8.73. The third kappa shape index (κ3) is 9.73. The van der Waals surface area contributed by atoms with Crippen molar-refractivity contribution in [2.45, 2.75) is 32.8 Å². The van der Waals surface area contributed by atoms with E-state index in [0.717, 1.165) is 40.5 Å². The van der Waals surface area contributed by atoms with Crippen molar-refractivity contribution in [1.29, 1.82) is 0 Å². The lowest BCUT2D eigenvalue weighted by Crippen LogP contribution is -2.49. The van der Waals surface area contributed by atoms with Gasteiger partial charge >= 0.3 is 6.09 Å². The van der Waals surface area contributed by atoms with Gasteiger partial charge in [0.2, 0.25) is 5.91 Å². The first-order valence-corrected chi connectivity index (χ1v) is 14.2. The molecule has 38 heavy (non-hydrogen) atoms. The number of anilines is 2. The summed E-state index contributed by atoms with van der Waals surface area (Å²) in [5, 5.41) is 2.57. The summed E-state index contributed by atoms with van der Waals surface area (Å²) in [5.74, 6) is 0.0326. The largest absolute Gasteiger partial charge is 0.443 e. The van der Waals surface area contributed by atoms with Crippen LogP contribution in [0.4, 0.5) is 16.2 Å². The van der Waals surface area contributed by atoms with Gasteiger partial charge in [-0.1, -0.05) is 45.8 Å². The molecule has 0 aliphatic carbocycles. The average Bonchev–Trinajstić information content (AvgIpc) is 3.30. The van der Waals surface area contributed by atoms with E-state index in [0.29, 0.717) is 26.2 Å². The van der Waals surface area contributed by atoms with Gasteiger partial charge in [-0.3, -0.25) is 9.69 Å². The Labute approximate surface area is 241 Å². The molecule has 0 spiro atoms. The van der Waals surface area contributed by atoms with Crippen LogP contribution in [0.2, 0.25) is 0 Å². The number of rotatable bonds is 6. The highest BCUT2D eigenvalue weighted by atomic mass is 79.9. The average molecular weight is 624 g/mol. The van der Waals surface area contributed by atoms with Crippen LogP contribution in [-0.2, 0) is 14.3 Å². The van der Waals surface area contributed by atoms with Gasteiger partial charge < -0.3 is 25.1 Å². The van der Waals surface area contributed by atoms with Crippen molar-refractivity contribution in [3.63, 3.8) is 0 Å². The second-order valence-corrected chi connectivity index (χ2v) is 10.7. The Bertz CT molecular complexity index is 1060. The number of carbonyl (C=O) groups excluding carboxylic acids is 3. The fourth-order valence-corrected chi connectivity index (χ4v) is 4.64. The van der Waals surface area contributed by atoms with E-state index in [4.69, 9.17) is 10.5 Å². The van der Waals surface area contributed by atoms with Crippen molar-refractivity contribution < 1.29 is 19.1 Å². The van der Waals surface area contributed by atoms with E-state index >= 15 is 0 Å². The minimum absolute atomic E-state index is 0.0326. The number of ether oxygens (including phenoxy) is 1. The molecule has 2 fully saturated rings. The second-order valence-electron chi connectivity index (χ2n) is 8.70. The first-order valence-electron chi connectivity index (χ1n) is 12.4. The van der Waals surface area contributed by atoms with E-state index in [-0.39, 0.29) is 30.9 Å². The molecule has 2 N–H and O–H groups in total. The van der Waals surface area contributed by atoms with Gasteiger partial charge in [0, 0.05) is 61.4 Å². The fraction of sp³-hybridized carbons (Fsp3) is 0.407. The number of cyclic esters (lactones) is 1. The molecule has 2 heterocycles. The Balaban J connectivity index is 0.000000385. The molecule has 206 valence electrons. The lowest BCUT2D eigenvalue weighted by molar-refractivity contribution is -0.132. The minimum Gasteiger partial charge on any atom is -0.443 e. The van der Waals surface area contributed by atoms with Crippen LogP contribution in [0.1, 0.15) is 25.3 Å². The Morgan fingerprint density at radius 2 is 1.82 bits per heavy atom. The third-order valence-electron chi connectivity index (χ3n) is 5.92. The molecule has 0 aromatic heterocycles. The number of nitrogens with two attached hydrogens (primary N) is 1. The first kappa shape index (κ1) is 31.8. The third-order valence-corrected chi connectivity index (χ3v) is 6.91. The SMILES string of the molecule is CC=S.Cc1ccc(Br)cc1.NC[C@H]1CN(c2ccc(N3CCN(C(=O)CCC=O)CC3)c(P)c2)C(=O)O1. The fourth-order valence-electron chi connectivity index (χ4n) is 3.92. The van der Waals surface area contributed by atoms with Gasteiger partial charge in [0.25, 0.3) is 0 Å². The van der Waals surface area contributed by atoms with Crippen molar-refractivity contribution in [3.05, 3.63) is 52.5 Å². The normalized spacial score (nSPS) is 16.5. The zero-order valence-electron chi connectivity index (χ0n) is 21.8. The zero-order chi connectivity index (χ0) is 28.1. The standard InChI is InChI=1S/C18H25N4O4P.C7H7Br.C2H4S/c19-11-14-12-22(18(25)26-14)13-3-4-15(16(27)10-13)20-5-7-21(8-6-20)17(24)2-1-9-23;1-6-2-4-7(8)5-3-6;1-2-3/h3-4,9-10,14H,1-2,5-8,11-12,19,27H2;2-5H,1H3;2H,1H3/t14-;;/m0../s1. The van der Waals surface area contributed by atoms with Crippen molar-refractivity contribution >= 4 is 77.7 Å². The maximum absolute atomic E-state index is 12.0. The Hall–Kier alpha value is -2.39. The number of halogens is 1. The molecule has 2 aromatic carbocycles. The molecule has 2 saturated heterocycles. The predicted molar refractivity (Wildman–Crippen MR) is 165 cm³/mol. The van der Waals surface area contributed by atoms with Gasteiger partial charge in [0.05, 0.1) is 6.54 Å². The molecule has 11 heteroatoms. The van der Waals surface area contributed by atoms with Gasteiger partial charge in [0.1, 0.15) is 12.4 Å². The van der Waals surface area contributed by atoms with Crippen molar-refractivity contribution in [1.82, 2.24) is 4.90 Å². The highest BCUT2D eigenvalue weighted by Crippen LogP contribution is 2.25. The molecule has 0 saturated carbocycles. The van der Waals surface area contributed by atoms with E-state index in [1.165, 1.54) is 5.56 Å². The first-order chi connectivity index (χ1) is 18.2. The van der Waals surface area contributed by atoms with Gasteiger partial charge in [-0.2, -0.15) is 0 Å². The van der Waals surface area contributed by atoms with Gasteiger partial charge in [-0.15, -0.1) is 9.24 Å².